The van der Waals surface area contributed by atoms with Crippen LogP contribution in [0.3, 0.4) is 0 Å². The lowest BCUT2D eigenvalue weighted by Gasteiger charge is -2.13. The van der Waals surface area contributed by atoms with E-state index in [1.54, 1.807) is 10.9 Å². The van der Waals surface area contributed by atoms with Crippen LogP contribution >= 0.6 is 24.6 Å². The lowest BCUT2D eigenvalue weighted by Crippen LogP contribution is -2.36. The molecule has 0 saturated heterocycles. The Kier molecular flexibility index (Phi) is 12.2. The molecule has 2 heterocycles. The quantitative estimate of drug-likeness (QED) is 0.135. The SMILES string of the molecule is CCN1C(=S)CN=C1N.CCn1cnnc1N.Cl.NN=C(N)N. The van der Waals surface area contributed by atoms with Gasteiger partial charge >= 0.3 is 0 Å². The summed E-state index contributed by atoms with van der Waals surface area (Å²) in [5.41, 5.74) is 20.2. The van der Waals surface area contributed by atoms with E-state index in [-0.39, 0.29) is 18.4 Å². The van der Waals surface area contributed by atoms with E-state index in [0.717, 1.165) is 18.1 Å². The fraction of sp³-hybridized carbons (Fsp3) is 0.500. The number of nitrogens with zero attached hydrogens (tertiary/aromatic N) is 6. The molecule has 0 radical (unpaired) electrons. The predicted molar refractivity (Wildman–Crippen MR) is 98.8 cm³/mol. The van der Waals surface area contributed by atoms with Gasteiger partial charge in [-0.05, 0) is 13.8 Å². The molecule has 1 aliphatic rings. The smallest absolute Gasteiger partial charge is 0.221 e. The number of aryl methyl sites for hydroxylation is 1. The van der Waals surface area contributed by atoms with Crippen molar-refractivity contribution < 1.29 is 0 Å². The number of rotatable bonds is 2. The zero-order valence-corrected chi connectivity index (χ0v) is 14.7. The van der Waals surface area contributed by atoms with Crippen molar-refractivity contribution in [3.63, 3.8) is 0 Å². The van der Waals surface area contributed by atoms with Crippen LogP contribution < -0.4 is 28.8 Å². The van der Waals surface area contributed by atoms with E-state index in [4.69, 9.17) is 35.2 Å². The minimum absolute atomic E-state index is 0. The van der Waals surface area contributed by atoms with Crippen LogP contribution in [0, 0.1) is 0 Å². The van der Waals surface area contributed by atoms with Crippen LogP contribution in [0.15, 0.2) is 16.4 Å². The molecule has 11 nitrogen and oxygen atoms in total. The second-order valence-electron chi connectivity index (χ2n) is 3.84. The standard InChI is InChI=1S/C5H9N3S.C4H8N4.CH6N4.ClH/c1-2-8-4(9)3-7-5(8)6;1-2-8-3-6-7-4(8)5;2-1(3)5-4;/h2-3H2,1H3,(H2,6,7);3H,2H2,1H3,(H2,5,7);4H2,(H4,2,3,5);1H. The summed E-state index contributed by atoms with van der Waals surface area (Å²) in [6.07, 6.45) is 1.61. The number of thiocarbonyl (C=S) groups is 1. The summed E-state index contributed by atoms with van der Waals surface area (Å²) in [7, 11) is 0. The van der Waals surface area contributed by atoms with Crippen molar-refractivity contribution in [2.45, 2.75) is 20.4 Å². The Morgan fingerprint density at radius 2 is 1.87 bits per heavy atom. The lowest BCUT2D eigenvalue weighted by atomic mass is 10.5. The predicted octanol–water partition coefficient (Wildman–Crippen LogP) is -1.60. The molecule has 1 aliphatic heterocycles. The van der Waals surface area contributed by atoms with Crippen molar-refractivity contribution in [2.24, 2.45) is 33.1 Å². The zero-order chi connectivity index (χ0) is 17.1. The molecule has 2 rings (SSSR count). The van der Waals surface area contributed by atoms with Gasteiger partial charge in [0.15, 0.2) is 5.96 Å². The molecule has 23 heavy (non-hydrogen) atoms. The zero-order valence-electron chi connectivity index (χ0n) is 13.1. The average Bonchev–Trinajstić information content (AvgIpc) is 3.05. The van der Waals surface area contributed by atoms with Gasteiger partial charge in [-0.2, -0.15) is 0 Å². The van der Waals surface area contributed by atoms with E-state index in [1.807, 2.05) is 18.7 Å². The third-order valence-electron chi connectivity index (χ3n) is 2.41. The number of nitrogens with two attached hydrogens (primary N) is 5. The Balaban J connectivity index is 0. The number of guanidine groups is 2. The van der Waals surface area contributed by atoms with E-state index in [2.05, 4.69) is 26.1 Å². The van der Waals surface area contributed by atoms with Gasteiger partial charge in [-0.15, -0.1) is 27.7 Å². The van der Waals surface area contributed by atoms with Gasteiger partial charge in [0.25, 0.3) is 0 Å². The molecule has 0 bridgehead atoms. The number of likely N-dealkylation sites (N-methyl/N-ethyl adjacent to an activating group) is 1. The van der Waals surface area contributed by atoms with Crippen LogP contribution in [0.4, 0.5) is 5.95 Å². The van der Waals surface area contributed by atoms with Gasteiger partial charge in [0.05, 0.1) is 6.54 Å². The van der Waals surface area contributed by atoms with Gasteiger partial charge in [-0.1, -0.05) is 12.2 Å². The second kappa shape index (κ2) is 12.2. The Hall–Kier alpha value is -2.34. The number of halogens is 1. The van der Waals surface area contributed by atoms with Gasteiger partial charge in [0, 0.05) is 13.1 Å². The van der Waals surface area contributed by atoms with Crippen molar-refractivity contribution >= 4 is 47.5 Å². The van der Waals surface area contributed by atoms with Crippen molar-refractivity contribution in [1.82, 2.24) is 19.7 Å². The first-order chi connectivity index (χ1) is 10.4. The summed E-state index contributed by atoms with van der Waals surface area (Å²) >= 11 is 4.95. The van der Waals surface area contributed by atoms with Gasteiger partial charge < -0.3 is 38.2 Å². The molecule has 0 fully saturated rings. The van der Waals surface area contributed by atoms with Crippen LogP contribution in [0.2, 0.25) is 0 Å². The molecule has 10 N–H and O–H groups in total. The molecule has 0 saturated carbocycles. The summed E-state index contributed by atoms with van der Waals surface area (Å²) in [5.74, 6) is 5.45. The largest absolute Gasteiger partial charge is 0.369 e. The number of anilines is 1. The van der Waals surface area contributed by atoms with Gasteiger partial charge in [-0.25, -0.2) is 4.99 Å². The fourth-order valence-electron chi connectivity index (χ4n) is 1.29. The molecule has 0 aromatic carbocycles. The topological polar surface area (TPSA) is 189 Å². The number of aliphatic imine (C=N–C) groups is 1. The molecule has 1 aromatic heterocycles. The molecule has 0 aliphatic carbocycles. The molecule has 0 spiro atoms. The molecule has 0 unspecified atom stereocenters. The van der Waals surface area contributed by atoms with Crippen molar-refractivity contribution in [3.8, 4) is 0 Å². The molecule has 132 valence electrons. The highest BCUT2D eigenvalue weighted by atomic mass is 35.5. The van der Waals surface area contributed by atoms with Gasteiger partial charge in [0.2, 0.25) is 11.9 Å². The first-order valence-electron chi connectivity index (χ1n) is 6.39. The minimum atomic E-state index is -0.0926. The highest BCUT2D eigenvalue weighted by molar-refractivity contribution is 7.80. The van der Waals surface area contributed by atoms with Crippen LogP contribution in [0.5, 0.6) is 0 Å². The Morgan fingerprint density at radius 3 is 2.04 bits per heavy atom. The third-order valence-corrected chi connectivity index (χ3v) is 2.75. The number of aromatic nitrogens is 3. The number of nitrogen functional groups attached to an aromatic ring is 1. The van der Waals surface area contributed by atoms with Crippen molar-refractivity contribution in [2.75, 3.05) is 18.8 Å². The average molecular weight is 366 g/mol. The number of hydrogen-bond acceptors (Lipinski definition) is 8. The third kappa shape index (κ3) is 8.63. The summed E-state index contributed by atoms with van der Waals surface area (Å²) in [6, 6.07) is 0. The Morgan fingerprint density at radius 1 is 1.30 bits per heavy atom. The van der Waals surface area contributed by atoms with Crippen LogP contribution in [0.25, 0.3) is 0 Å². The summed E-state index contributed by atoms with van der Waals surface area (Å²) in [4.78, 5) is 6.61. The maximum Gasteiger partial charge on any atom is 0.221 e. The van der Waals surface area contributed by atoms with E-state index >= 15 is 0 Å². The lowest BCUT2D eigenvalue weighted by molar-refractivity contribution is 0.660. The molecular formula is C10H24ClN11S. The van der Waals surface area contributed by atoms with E-state index < -0.39 is 0 Å². The summed E-state index contributed by atoms with van der Waals surface area (Å²) in [6.45, 7) is 6.24. The maximum absolute atomic E-state index is 5.47. The second-order valence-corrected chi connectivity index (χ2v) is 4.31. The van der Waals surface area contributed by atoms with Crippen LogP contribution in [0.1, 0.15) is 13.8 Å². The van der Waals surface area contributed by atoms with Crippen molar-refractivity contribution in [3.05, 3.63) is 6.33 Å². The molecular weight excluding hydrogens is 342 g/mol. The highest BCUT2D eigenvalue weighted by Gasteiger charge is 2.16. The summed E-state index contributed by atoms with van der Waals surface area (Å²) in [5, 5.41) is 10.0. The molecule has 1 aromatic rings. The molecule has 13 heteroatoms. The van der Waals surface area contributed by atoms with E-state index in [9.17, 15) is 0 Å². The monoisotopic (exact) mass is 365 g/mol. The maximum atomic E-state index is 5.47. The van der Waals surface area contributed by atoms with E-state index in [0.29, 0.717) is 18.5 Å². The van der Waals surface area contributed by atoms with Crippen LogP contribution in [-0.4, -0.2) is 49.7 Å². The molecule has 0 atom stereocenters. The minimum Gasteiger partial charge on any atom is -0.369 e. The Bertz CT molecular complexity index is 523. The van der Waals surface area contributed by atoms with Gasteiger partial charge in [-0.3, -0.25) is 0 Å². The summed E-state index contributed by atoms with van der Waals surface area (Å²) < 4.78 is 1.76. The number of hydrogen-bond donors (Lipinski definition) is 5. The Labute approximate surface area is 146 Å². The first-order valence-corrected chi connectivity index (χ1v) is 6.80. The van der Waals surface area contributed by atoms with Crippen LogP contribution in [-0.2, 0) is 6.54 Å². The van der Waals surface area contributed by atoms with E-state index in [1.165, 1.54) is 0 Å². The number of hydrazone groups is 1. The van der Waals surface area contributed by atoms with Gasteiger partial charge in [0.1, 0.15) is 11.3 Å². The highest BCUT2D eigenvalue weighted by Crippen LogP contribution is 2.00. The normalized spacial score (nSPS) is 12.0. The first kappa shape index (κ1) is 22.9. The molecule has 0 amide bonds. The van der Waals surface area contributed by atoms with Crippen molar-refractivity contribution in [1.29, 1.82) is 0 Å². The fourth-order valence-corrected chi connectivity index (χ4v) is 1.58.